The molecule has 0 radical (unpaired) electrons. The van der Waals surface area contributed by atoms with E-state index < -0.39 is 53.2 Å². The zero-order valence-corrected chi connectivity index (χ0v) is 24.8. The molecule has 1 fully saturated rings. The number of nitrogens with two attached hydrogens (primary N) is 1. The van der Waals surface area contributed by atoms with Gasteiger partial charge >= 0.3 is 18.3 Å². The summed E-state index contributed by atoms with van der Waals surface area (Å²) in [6.07, 6.45) is -9.23. The highest BCUT2D eigenvalue weighted by molar-refractivity contribution is 8.26. The summed E-state index contributed by atoms with van der Waals surface area (Å²) in [5.74, 6) is -3.42. The van der Waals surface area contributed by atoms with Crippen LogP contribution in [0.15, 0.2) is 58.8 Å². The van der Waals surface area contributed by atoms with Gasteiger partial charge in [-0.25, -0.2) is 4.79 Å². The number of hydrogen-bond donors (Lipinski definition) is 3. The molecule has 2 heterocycles. The number of benzene rings is 2. The van der Waals surface area contributed by atoms with Crippen molar-refractivity contribution in [1.29, 1.82) is 0 Å². The van der Waals surface area contributed by atoms with Crippen LogP contribution in [0.2, 0.25) is 0 Å². The number of alkyl halides is 6. The second-order valence-electron chi connectivity index (χ2n) is 9.48. The van der Waals surface area contributed by atoms with Crippen LogP contribution in [0.25, 0.3) is 17.2 Å². The Hall–Kier alpha value is -4.22. The maximum Gasteiger partial charge on any atom is 0.416 e. The van der Waals surface area contributed by atoms with Gasteiger partial charge in [-0.3, -0.25) is 19.3 Å². The first-order chi connectivity index (χ1) is 20.9. The number of nitrogens with zero attached hydrogens (tertiary/aromatic N) is 1. The van der Waals surface area contributed by atoms with E-state index in [0.717, 1.165) is 28.0 Å². The van der Waals surface area contributed by atoms with Crippen molar-refractivity contribution in [3.8, 4) is 11.1 Å². The Bertz CT molecular complexity index is 1690. The van der Waals surface area contributed by atoms with Gasteiger partial charge in [0.15, 0.2) is 0 Å². The minimum atomic E-state index is -5.03. The lowest BCUT2D eigenvalue weighted by Crippen LogP contribution is -2.46. The first kappa shape index (κ1) is 33.7. The van der Waals surface area contributed by atoms with E-state index in [1.807, 2.05) is 0 Å². The number of hydrogen-bond acceptors (Lipinski definition) is 7. The van der Waals surface area contributed by atoms with Crippen molar-refractivity contribution in [2.75, 3.05) is 5.32 Å². The van der Waals surface area contributed by atoms with Gasteiger partial charge in [0.05, 0.1) is 21.6 Å². The van der Waals surface area contributed by atoms with Crippen LogP contribution in [-0.2, 0) is 26.7 Å². The van der Waals surface area contributed by atoms with Crippen LogP contribution < -0.4 is 11.1 Å². The van der Waals surface area contributed by atoms with Crippen molar-refractivity contribution in [3.63, 3.8) is 0 Å². The SMILES string of the molecule is NC(=O)CC[C@@H](C(=O)Nc1ccc(C(=O)O)cc1)N1C(=O)/C(=C/c2cc(-c3cc(C(F)(F)F)cc(C(F)(F)F)c3)cs2)SC1=S. The van der Waals surface area contributed by atoms with E-state index in [2.05, 4.69) is 5.32 Å². The highest BCUT2D eigenvalue weighted by Gasteiger charge is 2.41. The molecule has 0 unspecified atom stereocenters. The molecule has 0 aliphatic carbocycles. The highest BCUT2D eigenvalue weighted by Crippen LogP contribution is 2.41. The number of carboxylic acids is 1. The fraction of sp³-hybridized carbons (Fsp3) is 0.179. The van der Waals surface area contributed by atoms with Gasteiger partial charge in [-0.15, -0.1) is 11.3 Å². The number of thiophene rings is 1. The van der Waals surface area contributed by atoms with E-state index in [1.165, 1.54) is 41.8 Å². The lowest BCUT2D eigenvalue weighted by atomic mass is 10.0. The number of carbonyl (C=O) groups is 4. The Balaban J connectivity index is 1.61. The lowest BCUT2D eigenvalue weighted by molar-refractivity contribution is -0.143. The van der Waals surface area contributed by atoms with Crippen molar-refractivity contribution in [1.82, 2.24) is 4.90 Å². The molecule has 4 N–H and O–H groups in total. The molecule has 1 aromatic heterocycles. The van der Waals surface area contributed by atoms with Crippen LogP contribution in [0.4, 0.5) is 32.0 Å². The third-order valence-electron chi connectivity index (χ3n) is 6.32. The molecule has 0 bridgehead atoms. The summed E-state index contributed by atoms with van der Waals surface area (Å²) in [6, 6.07) is 6.37. The zero-order chi connectivity index (χ0) is 33.3. The fourth-order valence-electron chi connectivity index (χ4n) is 4.16. The van der Waals surface area contributed by atoms with Gasteiger partial charge < -0.3 is 16.2 Å². The average Bonchev–Trinajstić information content (AvgIpc) is 3.52. The maximum absolute atomic E-state index is 13.4. The van der Waals surface area contributed by atoms with Gasteiger partial charge in [0, 0.05) is 17.0 Å². The first-order valence-electron chi connectivity index (χ1n) is 12.5. The molecular weight excluding hydrogens is 669 g/mol. The Morgan fingerprint density at radius 2 is 1.58 bits per heavy atom. The fourth-order valence-corrected chi connectivity index (χ4v) is 6.43. The Morgan fingerprint density at radius 3 is 2.11 bits per heavy atom. The van der Waals surface area contributed by atoms with Crippen LogP contribution in [-0.4, -0.2) is 44.1 Å². The van der Waals surface area contributed by atoms with Crippen molar-refractivity contribution in [3.05, 3.63) is 80.4 Å². The van der Waals surface area contributed by atoms with Crippen molar-refractivity contribution < 1.29 is 50.6 Å². The molecule has 0 spiro atoms. The second kappa shape index (κ2) is 13.0. The van der Waals surface area contributed by atoms with Crippen LogP contribution in [0.3, 0.4) is 0 Å². The summed E-state index contributed by atoms with van der Waals surface area (Å²) in [4.78, 5) is 50.5. The summed E-state index contributed by atoms with van der Waals surface area (Å²) in [6.45, 7) is 0. The van der Waals surface area contributed by atoms with Gasteiger partial charge in [-0.05, 0) is 77.5 Å². The third-order valence-corrected chi connectivity index (χ3v) is 8.53. The molecule has 2 aromatic carbocycles. The second-order valence-corrected chi connectivity index (χ2v) is 12.1. The lowest BCUT2D eigenvalue weighted by Gasteiger charge is -2.25. The molecule has 1 aliphatic heterocycles. The van der Waals surface area contributed by atoms with Crippen molar-refractivity contribution >= 4 is 75.1 Å². The third kappa shape index (κ3) is 8.09. The topological polar surface area (TPSA) is 130 Å². The summed E-state index contributed by atoms with van der Waals surface area (Å²) in [5, 5.41) is 12.9. The van der Waals surface area contributed by atoms with E-state index in [-0.39, 0.29) is 50.5 Å². The Morgan fingerprint density at radius 1 is 0.978 bits per heavy atom. The predicted octanol–water partition coefficient (Wildman–Crippen LogP) is 6.62. The standard InChI is InChI=1S/C28H19F6N3O5S3/c29-27(30,31)16-7-14(8-17(10-16)28(32,33)34)15-9-19(44-12-15)11-21-24(40)37(26(43)45-21)20(5-6-22(35)38)23(39)36-18-3-1-13(2-4-18)25(41)42/h1-4,7-12,20H,5-6H2,(H2,35,38)(H,36,39)(H,41,42)/b21-11-/t20-/m0/s1. The number of aromatic carboxylic acids is 1. The maximum atomic E-state index is 13.4. The van der Waals surface area contributed by atoms with Gasteiger partial charge in [-0.1, -0.05) is 24.0 Å². The molecular formula is C28H19F6N3O5S3. The largest absolute Gasteiger partial charge is 0.478 e. The smallest absolute Gasteiger partial charge is 0.416 e. The van der Waals surface area contributed by atoms with Gasteiger partial charge in [0.1, 0.15) is 10.4 Å². The quantitative estimate of drug-likeness (QED) is 0.131. The summed E-state index contributed by atoms with van der Waals surface area (Å²) >= 11 is 7.08. The normalized spacial score (nSPS) is 15.4. The zero-order valence-electron chi connectivity index (χ0n) is 22.4. The predicted molar refractivity (Wildman–Crippen MR) is 159 cm³/mol. The van der Waals surface area contributed by atoms with Crippen molar-refractivity contribution in [2.45, 2.75) is 31.2 Å². The molecule has 8 nitrogen and oxygen atoms in total. The number of halogens is 6. The number of carbonyl (C=O) groups excluding carboxylic acids is 3. The molecule has 1 aliphatic rings. The summed E-state index contributed by atoms with van der Waals surface area (Å²) < 4.78 is 79.9. The van der Waals surface area contributed by atoms with Gasteiger partial charge in [0.25, 0.3) is 5.91 Å². The van der Waals surface area contributed by atoms with E-state index in [4.69, 9.17) is 23.1 Å². The monoisotopic (exact) mass is 687 g/mol. The summed E-state index contributed by atoms with van der Waals surface area (Å²) in [5.41, 5.74) is 2.18. The number of anilines is 1. The average molecular weight is 688 g/mol. The van der Waals surface area contributed by atoms with E-state index >= 15 is 0 Å². The molecule has 4 rings (SSSR count). The number of nitrogens with one attached hydrogen (secondary N) is 1. The minimum Gasteiger partial charge on any atom is -0.478 e. The van der Waals surface area contributed by atoms with E-state index in [1.54, 1.807) is 0 Å². The Labute approximate surface area is 263 Å². The van der Waals surface area contributed by atoms with Crippen LogP contribution in [0.1, 0.15) is 39.2 Å². The van der Waals surface area contributed by atoms with Crippen LogP contribution in [0.5, 0.6) is 0 Å². The molecule has 17 heteroatoms. The Kier molecular flexibility index (Phi) is 9.74. The number of carboxylic acid groups (broad SMARTS) is 1. The molecule has 3 aromatic rings. The number of thioether (sulfide) groups is 1. The number of primary amides is 1. The van der Waals surface area contributed by atoms with Crippen LogP contribution in [0, 0.1) is 0 Å². The van der Waals surface area contributed by atoms with Crippen LogP contribution >= 0.6 is 35.3 Å². The minimum absolute atomic E-state index is 0.0103. The molecule has 3 amide bonds. The number of rotatable bonds is 9. The number of thiocarbonyl (C=S) groups is 1. The van der Waals surface area contributed by atoms with Gasteiger partial charge in [-0.2, -0.15) is 26.3 Å². The molecule has 45 heavy (non-hydrogen) atoms. The first-order valence-corrected chi connectivity index (χ1v) is 14.6. The van der Waals surface area contributed by atoms with Gasteiger partial charge in [0.2, 0.25) is 11.8 Å². The van der Waals surface area contributed by atoms with E-state index in [0.29, 0.717) is 17.0 Å². The highest BCUT2D eigenvalue weighted by atomic mass is 32.2. The van der Waals surface area contributed by atoms with E-state index in [9.17, 15) is 45.5 Å². The number of amides is 3. The molecule has 0 saturated carbocycles. The molecule has 1 saturated heterocycles. The molecule has 236 valence electrons. The summed E-state index contributed by atoms with van der Waals surface area (Å²) in [7, 11) is 0. The van der Waals surface area contributed by atoms with Crippen molar-refractivity contribution in [2.24, 2.45) is 5.73 Å². The molecule has 1 atom stereocenters.